The maximum Gasteiger partial charge on any atom is 0.138 e. The van der Waals surface area contributed by atoms with Crippen LogP contribution in [-0.2, 0) is 0 Å². The van der Waals surface area contributed by atoms with Crippen molar-refractivity contribution in [1.82, 2.24) is 14.8 Å². The van der Waals surface area contributed by atoms with Crippen LogP contribution >= 0.6 is 0 Å². The van der Waals surface area contributed by atoms with Gasteiger partial charge in [0, 0.05) is 6.04 Å². The van der Waals surface area contributed by atoms with Crippen molar-refractivity contribution >= 4 is 5.69 Å². The predicted molar refractivity (Wildman–Crippen MR) is 76.4 cm³/mol. The van der Waals surface area contributed by atoms with Gasteiger partial charge in [-0.3, -0.25) is 0 Å². The first kappa shape index (κ1) is 12.2. The number of nitrogens with one attached hydrogen (secondary N) is 1. The molecule has 1 aliphatic rings. The van der Waals surface area contributed by atoms with Crippen molar-refractivity contribution in [2.24, 2.45) is 5.92 Å². The molecule has 1 aliphatic carbocycles. The smallest absolute Gasteiger partial charge is 0.138 e. The summed E-state index contributed by atoms with van der Waals surface area (Å²) in [5, 5.41) is 7.92. The molecular weight excluding hydrogens is 236 g/mol. The summed E-state index contributed by atoms with van der Waals surface area (Å²) in [4.78, 5) is 4.03. The lowest BCUT2D eigenvalue weighted by molar-refractivity contribution is 0.349. The molecule has 1 fully saturated rings. The van der Waals surface area contributed by atoms with Gasteiger partial charge in [0.15, 0.2) is 0 Å². The van der Waals surface area contributed by atoms with Crippen molar-refractivity contribution in [3.63, 3.8) is 0 Å². The summed E-state index contributed by atoms with van der Waals surface area (Å²) in [5.41, 5.74) is 2.21. The Balaban J connectivity index is 1.84. The molecule has 4 heteroatoms. The van der Waals surface area contributed by atoms with Crippen LogP contribution in [0.2, 0.25) is 0 Å². The average Bonchev–Trinajstić information content (AvgIpc) is 2.96. The molecular formula is C15H20N4. The van der Waals surface area contributed by atoms with E-state index in [9.17, 15) is 0 Å². The standard InChI is InChI=1S/C15H20N4/c1-12-6-2-3-7-13(12)18-14-8-4-5-9-15(14)19-11-16-10-17-19/h4-5,8-13,18H,2-3,6-7H2,1H3. The number of para-hydroxylation sites is 2. The van der Waals surface area contributed by atoms with Crippen molar-refractivity contribution < 1.29 is 0 Å². The van der Waals surface area contributed by atoms with Gasteiger partial charge in [-0.25, -0.2) is 9.67 Å². The van der Waals surface area contributed by atoms with Crippen molar-refractivity contribution in [2.75, 3.05) is 5.32 Å². The SMILES string of the molecule is CC1CCCCC1Nc1ccccc1-n1cncn1. The normalized spacial score (nSPS) is 23.2. The summed E-state index contributed by atoms with van der Waals surface area (Å²) in [6.45, 7) is 2.34. The van der Waals surface area contributed by atoms with Gasteiger partial charge in [-0.2, -0.15) is 5.10 Å². The molecule has 3 rings (SSSR count). The fourth-order valence-electron chi connectivity index (χ4n) is 2.86. The molecule has 2 aromatic rings. The molecule has 0 aliphatic heterocycles. The summed E-state index contributed by atoms with van der Waals surface area (Å²) < 4.78 is 1.82. The molecule has 0 amide bonds. The van der Waals surface area contributed by atoms with Gasteiger partial charge >= 0.3 is 0 Å². The zero-order chi connectivity index (χ0) is 13.1. The summed E-state index contributed by atoms with van der Waals surface area (Å²) in [7, 11) is 0. The van der Waals surface area contributed by atoms with E-state index in [4.69, 9.17) is 0 Å². The van der Waals surface area contributed by atoms with E-state index in [0.29, 0.717) is 6.04 Å². The highest BCUT2D eigenvalue weighted by Gasteiger charge is 2.21. The first-order valence-electron chi connectivity index (χ1n) is 7.05. The number of anilines is 1. The van der Waals surface area contributed by atoms with Crippen molar-refractivity contribution in [3.05, 3.63) is 36.9 Å². The van der Waals surface area contributed by atoms with Crippen LogP contribution in [0, 0.1) is 5.92 Å². The Morgan fingerprint density at radius 3 is 2.84 bits per heavy atom. The monoisotopic (exact) mass is 256 g/mol. The number of rotatable bonds is 3. The van der Waals surface area contributed by atoms with Crippen LogP contribution in [0.5, 0.6) is 0 Å². The first-order chi connectivity index (χ1) is 9.34. The van der Waals surface area contributed by atoms with E-state index in [0.717, 1.165) is 17.3 Å². The number of nitrogens with zero attached hydrogens (tertiary/aromatic N) is 3. The third kappa shape index (κ3) is 2.62. The van der Waals surface area contributed by atoms with E-state index >= 15 is 0 Å². The number of hydrogen-bond acceptors (Lipinski definition) is 3. The second kappa shape index (κ2) is 5.43. The molecule has 0 radical (unpaired) electrons. The molecule has 1 saturated carbocycles. The Hall–Kier alpha value is -1.84. The number of hydrogen-bond donors (Lipinski definition) is 1. The van der Waals surface area contributed by atoms with Crippen LogP contribution in [0.1, 0.15) is 32.6 Å². The third-order valence-corrected chi connectivity index (χ3v) is 4.02. The minimum Gasteiger partial charge on any atom is -0.380 e. The summed E-state index contributed by atoms with van der Waals surface area (Å²) in [6, 6.07) is 8.87. The summed E-state index contributed by atoms with van der Waals surface area (Å²) >= 11 is 0. The molecule has 0 saturated heterocycles. The molecule has 0 bridgehead atoms. The topological polar surface area (TPSA) is 42.7 Å². The molecule has 1 aromatic heterocycles. The van der Waals surface area contributed by atoms with Crippen LogP contribution in [0.4, 0.5) is 5.69 Å². The Bertz CT molecular complexity index is 521. The van der Waals surface area contributed by atoms with Crippen LogP contribution in [-0.4, -0.2) is 20.8 Å². The maximum atomic E-state index is 4.22. The zero-order valence-electron chi connectivity index (χ0n) is 11.3. The van der Waals surface area contributed by atoms with Gasteiger partial charge in [-0.05, 0) is 30.9 Å². The van der Waals surface area contributed by atoms with Crippen molar-refractivity contribution in [3.8, 4) is 5.69 Å². The Morgan fingerprint density at radius 1 is 1.21 bits per heavy atom. The van der Waals surface area contributed by atoms with Crippen LogP contribution in [0.3, 0.4) is 0 Å². The van der Waals surface area contributed by atoms with Crippen LogP contribution in [0.25, 0.3) is 5.69 Å². The van der Waals surface area contributed by atoms with E-state index in [2.05, 4.69) is 40.5 Å². The quantitative estimate of drug-likeness (QED) is 0.916. The Morgan fingerprint density at radius 2 is 2.05 bits per heavy atom. The fourth-order valence-corrected chi connectivity index (χ4v) is 2.86. The maximum absolute atomic E-state index is 4.22. The molecule has 1 N–H and O–H groups in total. The van der Waals surface area contributed by atoms with E-state index in [1.807, 2.05) is 10.7 Å². The van der Waals surface area contributed by atoms with Gasteiger partial charge in [-0.15, -0.1) is 0 Å². The highest BCUT2D eigenvalue weighted by molar-refractivity contribution is 5.61. The Kier molecular flexibility index (Phi) is 3.49. The summed E-state index contributed by atoms with van der Waals surface area (Å²) in [6.07, 6.45) is 8.58. The largest absolute Gasteiger partial charge is 0.380 e. The fraction of sp³-hybridized carbons (Fsp3) is 0.467. The zero-order valence-corrected chi connectivity index (χ0v) is 11.3. The van der Waals surface area contributed by atoms with Gasteiger partial charge < -0.3 is 5.32 Å². The molecule has 19 heavy (non-hydrogen) atoms. The van der Waals surface area contributed by atoms with Gasteiger partial charge in [-0.1, -0.05) is 31.9 Å². The molecule has 2 unspecified atom stereocenters. The lowest BCUT2D eigenvalue weighted by Gasteiger charge is -2.31. The highest BCUT2D eigenvalue weighted by atomic mass is 15.3. The van der Waals surface area contributed by atoms with Crippen LogP contribution < -0.4 is 5.32 Å². The van der Waals surface area contributed by atoms with Gasteiger partial charge in [0.05, 0.1) is 11.4 Å². The second-order valence-electron chi connectivity index (χ2n) is 5.37. The van der Waals surface area contributed by atoms with Gasteiger partial charge in [0.2, 0.25) is 0 Å². The van der Waals surface area contributed by atoms with Crippen molar-refractivity contribution in [1.29, 1.82) is 0 Å². The minimum atomic E-state index is 0.568. The minimum absolute atomic E-state index is 0.568. The molecule has 4 nitrogen and oxygen atoms in total. The average molecular weight is 256 g/mol. The second-order valence-corrected chi connectivity index (χ2v) is 5.37. The Labute approximate surface area is 113 Å². The van der Waals surface area contributed by atoms with E-state index in [1.165, 1.54) is 25.7 Å². The molecule has 1 heterocycles. The highest BCUT2D eigenvalue weighted by Crippen LogP contribution is 2.28. The van der Waals surface area contributed by atoms with E-state index in [1.54, 1.807) is 12.7 Å². The molecule has 1 aromatic carbocycles. The third-order valence-electron chi connectivity index (χ3n) is 4.02. The summed E-state index contributed by atoms with van der Waals surface area (Å²) in [5.74, 6) is 0.734. The van der Waals surface area contributed by atoms with Crippen LogP contribution in [0.15, 0.2) is 36.9 Å². The molecule has 100 valence electrons. The lowest BCUT2D eigenvalue weighted by Crippen LogP contribution is -2.30. The van der Waals surface area contributed by atoms with E-state index in [-0.39, 0.29) is 0 Å². The molecule has 2 atom stereocenters. The number of benzene rings is 1. The van der Waals surface area contributed by atoms with Crippen molar-refractivity contribution in [2.45, 2.75) is 38.6 Å². The van der Waals surface area contributed by atoms with Gasteiger partial charge in [0.1, 0.15) is 12.7 Å². The molecule has 0 spiro atoms. The number of aromatic nitrogens is 3. The predicted octanol–water partition coefficient (Wildman–Crippen LogP) is 3.26. The van der Waals surface area contributed by atoms with Gasteiger partial charge in [0.25, 0.3) is 0 Å². The first-order valence-corrected chi connectivity index (χ1v) is 7.05. The van der Waals surface area contributed by atoms with E-state index < -0.39 is 0 Å². The lowest BCUT2D eigenvalue weighted by atomic mass is 9.86.